The zero-order chi connectivity index (χ0) is 55.3. The van der Waals surface area contributed by atoms with Crippen LogP contribution in [0.4, 0.5) is 5.69 Å². The quantitative estimate of drug-likeness (QED) is 0.0484. The van der Waals surface area contributed by atoms with Gasteiger partial charge in [-0.25, -0.2) is 0 Å². The summed E-state index contributed by atoms with van der Waals surface area (Å²) in [5.41, 5.74) is 13.8. The van der Waals surface area contributed by atoms with Crippen molar-refractivity contribution in [3.63, 3.8) is 0 Å². The fourth-order valence-corrected chi connectivity index (χ4v) is 12.2. The van der Waals surface area contributed by atoms with Crippen molar-refractivity contribution in [1.82, 2.24) is 47.1 Å². The summed E-state index contributed by atoms with van der Waals surface area (Å²) in [5.74, 6) is -5.46. The van der Waals surface area contributed by atoms with Gasteiger partial charge in [0, 0.05) is 54.5 Å². The van der Waals surface area contributed by atoms with Crippen LogP contribution in [-0.4, -0.2) is 142 Å². The maximum Gasteiger partial charge on any atom is 0.261 e. The van der Waals surface area contributed by atoms with Gasteiger partial charge in [-0.1, -0.05) is 62.4 Å². The molecule has 0 radical (unpaired) electrons. The molecular weight excluding hydrogens is 1040 g/mol. The maximum atomic E-state index is 14.9. The Kier molecular flexibility index (Phi) is 19.2. The van der Waals surface area contributed by atoms with Gasteiger partial charge in [0.25, 0.3) is 5.91 Å². The van der Waals surface area contributed by atoms with Crippen LogP contribution in [0.2, 0.25) is 0 Å². The Labute approximate surface area is 458 Å². The van der Waals surface area contributed by atoms with Crippen LogP contribution in [0.25, 0.3) is 10.9 Å². The summed E-state index contributed by atoms with van der Waals surface area (Å²) in [6.45, 7) is -0.364. The van der Waals surface area contributed by atoms with E-state index in [1.54, 1.807) is 42.6 Å². The van der Waals surface area contributed by atoms with Crippen LogP contribution in [0.1, 0.15) is 89.9 Å². The summed E-state index contributed by atoms with van der Waals surface area (Å²) in [4.78, 5) is 135. The van der Waals surface area contributed by atoms with E-state index in [1.807, 2.05) is 24.3 Å². The van der Waals surface area contributed by atoms with E-state index in [-0.39, 0.29) is 56.4 Å². The summed E-state index contributed by atoms with van der Waals surface area (Å²) < 4.78 is 0. The predicted octanol–water partition coefficient (Wildman–Crippen LogP) is 1.02. The average molecular weight is 1110 g/mol. The Bertz CT molecular complexity index is 2940. The molecule has 14 N–H and O–H groups in total. The molecule has 414 valence electrons. The van der Waals surface area contributed by atoms with E-state index in [2.05, 4.69) is 47.5 Å². The number of para-hydroxylation sites is 1. The van der Waals surface area contributed by atoms with Crippen molar-refractivity contribution in [1.29, 1.82) is 5.41 Å². The molecule has 1 saturated carbocycles. The van der Waals surface area contributed by atoms with Gasteiger partial charge in [-0.05, 0) is 79.5 Å². The third-order valence-corrected chi connectivity index (χ3v) is 16.6. The highest BCUT2D eigenvalue weighted by Gasteiger charge is 2.41. The van der Waals surface area contributed by atoms with Crippen LogP contribution in [0.3, 0.4) is 0 Å². The van der Waals surface area contributed by atoms with Crippen molar-refractivity contribution in [3.8, 4) is 0 Å². The van der Waals surface area contributed by atoms with Crippen LogP contribution >= 0.6 is 23.1 Å². The summed E-state index contributed by atoms with van der Waals surface area (Å²) in [5, 5.41) is 30.8. The second kappa shape index (κ2) is 26.5. The van der Waals surface area contributed by atoms with Gasteiger partial charge < -0.3 is 63.9 Å². The van der Waals surface area contributed by atoms with E-state index >= 15 is 0 Å². The normalized spacial score (nSPS) is 23.8. The molecule has 78 heavy (non-hydrogen) atoms. The van der Waals surface area contributed by atoms with Gasteiger partial charge in [0.15, 0.2) is 5.96 Å². The molecule has 25 heteroatoms. The minimum Gasteiger partial charge on any atom is -0.370 e. The number of aliphatic imine (C=N–C) groups is 1. The van der Waals surface area contributed by atoms with Gasteiger partial charge in [-0.3, -0.25) is 53.6 Å². The molecule has 2 fully saturated rings. The third kappa shape index (κ3) is 15.0. The highest BCUT2D eigenvalue weighted by atomic mass is 32.2. The molecular formula is C53H66N14O9S2. The molecule has 1 saturated heterocycles. The molecule has 4 aliphatic heterocycles. The standard InChI is InChI=1S/C53H66N14O9S2/c54-45(70)36-22-30-14-16-32(17-15-30)61-44(69)27-59-43(68)26-60-50(75)41-18-19-42(78-41)51-66-39(28-77-51)52(76)67-21-7-13-40(67)49(74)65-37(23-29-8-2-1-3-9-29)47(72)64-38(24-31-25-58-34-11-5-4-10-33(31)34)48(73)62-35(46(71)63-36)12-6-20-57-53(55)56/h4-5,10-11,14-19,25,29,35-40,58H,1-3,6-9,12-13,20-24,26-28H2,(H2,54,70)(H,59,68)(H,60,75)(H,61,69)(H,62,73)(H,63,71)(H,64,72)(H,65,74)(H4,55,56,57)/t35-,36-,37?,38-,39-,40-/m0/s1. The van der Waals surface area contributed by atoms with Gasteiger partial charge in [0.05, 0.1) is 22.8 Å². The van der Waals surface area contributed by atoms with Crippen LogP contribution in [0, 0.1) is 11.3 Å². The molecule has 1 unspecified atom stereocenters. The van der Waals surface area contributed by atoms with E-state index in [4.69, 9.17) is 21.9 Å². The Balaban J connectivity index is 1.09. The van der Waals surface area contributed by atoms with Gasteiger partial charge >= 0.3 is 0 Å². The first kappa shape index (κ1) is 56.4. The number of rotatable bonds is 9. The molecule has 9 amide bonds. The van der Waals surface area contributed by atoms with E-state index in [1.165, 1.54) is 16.7 Å². The number of H-pyrrole nitrogens is 1. The Hall–Kier alpha value is -7.80. The number of carbonyl (C=O) groups is 9. The summed E-state index contributed by atoms with van der Waals surface area (Å²) in [6, 6.07) is 10.4. The largest absolute Gasteiger partial charge is 0.370 e. The number of aromatic amines is 1. The van der Waals surface area contributed by atoms with Crippen molar-refractivity contribution in [3.05, 3.63) is 87.7 Å². The number of primary amides is 1. The monoisotopic (exact) mass is 1110 g/mol. The second-order valence-electron chi connectivity index (χ2n) is 20.0. The first-order valence-electron chi connectivity index (χ1n) is 26.3. The predicted molar refractivity (Wildman–Crippen MR) is 295 cm³/mol. The lowest BCUT2D eigenvalue weighted by Crippen LogP contribution is -2.60. The lowest BCUT2D eigenvalue weighted by atomic mass is 9.84. The third-order valence-electron chi connectivity index (χ3n) is 14.3. The van der Waals surface area contributed by atoms with E-state index < -0.39 is 96.6 Å². The summed E-state index contributed by atoms with van der Waals surface area (Å²) >= 11 is 2.49. The number of fused-ring (bicyclic) bond motifs is 22. The summed E-state index contributed by atoms with van der Waals surface area (Å²) in [7, 11) is 0. The van der Waals surface area contributed by atoms with Crippen LogP contribution < -0.4 is 54.0 Å². The highest BCUT2D eigenvalue weighted by molar-refractivity contribution is 8.15. The Morgan fingerprint density at radius 2 is 1.46 bits per heavy atom. The topological polar surface area (TPSA) is 357 Å². The maximum absolute atomic E-state index is 14.9. The van der Waals surface area contributed by atoms with Gasteiger partial charge in [-0.2, -0.15) is 0 Å². The molecule has 1 aliphatic carbocycles. The lowest BCUT2D eigenvalue weighted by molar-refractivity contribution is -0.140. The number of anilines is 1. The van der Waals surface area contributed by atoms with Crippen molar-refractivity contribution in [2.75, 3.05) is 37.2 Å². The fourth-order valence-electron chi connectivity index (χ4n) is 10.2. The number of amides is 9. The molecule has 2 aromatic carbocycles. The molecule has 2 aromatic heterocycles. The zero-order valence-corrected chi connectivity index (χ0v) is 44.6. The number of hydrogen-bond donors (Lipinski definition) is 12. The number of thiophene rings is 1. The van der Waals surface area contributed by atoms with Gasteiger partial charge in [-0.15, -0.1) is 23.1 Å². The fraction of sp³-hybridized carbons (Fsp3) is 0.453. The number of nitrogens with two attached hydrogens (primary N) is 2. The molecule has 9 rings (SSSR count). The van der Waals surface area contributed by atoms with Crippen molar-refractivity contribution >= 4 is 104 Å². The summed E-state index contributed by atoms with van der Waals surface area (Å²) in [6.07, 6.45) is 7.65. The van der Waals surface area contributed by atoms with E-state index in [0.29, 0.717) is 56.8 Å². The van der Waals surface area contributed by atoms with Crippen LogP contribution in [-0.2, 0) is 51.2 Å². The number of hydrogen-bond acceptors (Lipinski definition) is 13. The number of benzene rings is 2. The van der Waals surface area contributed by atoms with Crippen LogP contribution in [0.15, 0.2) is 71.9 Å². The highest BCUT2D eigenvalue weighted by Crippen LogP contribution is 2.32. The van der Waals surface area contributed by atoms with Gasteiger partial charge in [0.2, 0.25) is 47.3 Å². The molecule has 6 heterocycles. The number of nitrogens with one attached hydrogen (secondary N) is 10. The smallest absolute Gasteiger partial charge is 0.261 e. The SMILES string of the molecule is N=C(N)NCCC[C@@H]1NC(=O)[C@H](Cc2c[nH]c3ccccc23)NC(=O)C(CC2CCCCC2)NC(=O)[C@@H]2CCCN2C(=O)[C@@H]2CSC(=N2)c2ccc(s2)C(=O)NCC(=O)NCC(=O)Nc2ccc(cc2)C[C@@H](C(N)=O)NC1=O. The van der Waals surface area contributed by atoms with Crippen molar-refractivity contribution in [2.45, 2.75) is 113 Å². The molecule has 0 spiro atoms. The van der Waals surface area contributed by atoms with Crippen LogP contribution in [0.5, 0.6) is 0 Å². The minimum atomic E-state index is -1.30. The number of carbonyl (C=O) groups excluding carboxylic acids is 9. The van der Waals surface area contributed by atoms with Gasteiger partial charge in [0.1, 0.15) is 41.3 Å². The molecule has 4 aromatic rings. The second-order valence-corrected chi connectivity index (χ2v) is 22.0. The number of aromatic nitrogens is 1. The number of nitrogens with zero attached hydrogens (tertiary/aromatic N) is 2. The minimum absolute atomic E-state index is 0.00131. The van der Waals surface area contributed by atoms with E-state index in [0.717, 1.165) is 54.3 Å². The lowest BCUT2D eigenvalue weighted by Gasteiger charge is -2.31. The zero-order valence-electron chi connectivity index (χ0n) is 43.0. The number of guanidine groups is 1. The molecule has 6 atom stereocenters. The first-order chi connectivity index (χ1) is 37.6. The Morgan fingerprint density at radius 1 is 0.756 bits per heavy atom. The number of thioether (sulfide) groups is 1. The van der Waals surface area contributed by atoms with E-state index in [9.17, 15) is 43.2 Å². The van der Waals surface area contributed by atoms with Crippen molar-refractivity contribution in [2.24, 2.45) is 22.4 Å². The molecule has 23 nitrogen and oxygen atoms in total. The molecule has 6 bridgehead atoms. The average Bonchev–Trinajstić information content (AvgIpc) is 4.30. The first-order valence-corrected chi connectivity index (χ1v) is 28.1. The Morgan fingerprint density at radius 3 is 2.23 bits per heavy atom. The van der Waals surface area contributed by atoms with Crippen molar-refractivity contribution < 1.29 is 43.2 Å². The molecule has 5 aliphatic rings.